The predicted octanol–water partition coefficient (Wildman–Crippen LogP) is 3.84. The number of nitrogens with zero attached hydrogens (tertiary/aromatic N) is 3. The Balaban J connectivity index is 2.25. The van der Waals surface area contributed by atoms with Crippen molar-refractivity contribution in [3.8, 4) is 0 Å². The number of hydrogen-bond acceptors (Lipinski definition) is 4. The highest BCUT2D eigenvalue weighted by Gasteiger charge is 2.16. The summed E-state index contributed by atoms with van der Waals surface area (Å²) in [4.78, 5) is 13.9. The monoisotopic (exact) mass is 379 g/mol. The highest BCUT2D eigenvalue weighted by molar-refractivity contribution is 9.11. The SMILES string of the molecule is CCOC(=O)c1cc(N(C)CC)n(/C=C/C2C=C(Br)C=CC2)n1. The molecule has 23 heavy (non-hydrogen) atoms. The molecule has 0 aromatic carbocycles. The Labute approximate surface area is 145 Å². The van der Waals surface area contributed by atoms with E-state index in [0.717, 1.165) is 23.3 Å². The average Bonchev–Trinajstić information content (AvgIpc) is 2.97. The van der Waals surface area contributed by atoms with Gasteiger partial charge in [-0.3, -0.25) is 0 Å². The number of carbonyl (C=O) groups excluding carboxylic acids is 1. The molecule has 0 saturated carbocycles. The van der Waals surface area contributed by atoms with Crippen LogP contribution in [-0.2, 0) is 4.74 Å². The van der Waals surface area contributed by atoms with E-state index in [1.54, 1.807) is 17.7 Å². The first-order valence-electron chi connectivity index (χ1n) is 7.75. The molecule has 0 amide bonds. The zero-order valence-electron chi connectivity index (χ0n) is 13.7. The van der Waals surface area contributed by atoms with Gasteiger partial charge in [0.15, 0.2) is 5.69 Å². The van der Waals surface area contributed by atoms with Crippen LogP contribution in [0.3, 0.4) is 0 Å². The van der Waals surface area contributed by atoms with Crippen molar-refractivity contribution in [2.75, 3.05) is 25.1 Å². The number of hydrogen-bond donors (Lipinski definition) is 0. The van der Waals surface area contributed by atoms with Crippen molar-refractivity contribution in [2.24, 2.45) is 5.92 Å². The van der Waals surface area contributed by atoms with E-state index in [1.807, 2.05) is 24.2 Å². The van der Waals surface area contributed by atoms with Gasteiger partial charge in [0.2, 0.25) is 0 Å². The molecule has 1 aliphatic rings. The first-order valence-corrected chi connectivity index (χ1v) is 8.54. The second-order valence-corrected chi connectivity index (χ2v) is 6.18. The third kappa shape index (κ3) is 4.58. The summed E-state index contributed by atoms with van der Waals surface area (Å²) in [6.45, 7) is 5.00. The van der Waals surface area contributed by atoms with Crippen LogP contribution < -0.4 is 4.90 Å². The fourth-order valence-electron chi connectivity index (χ4n) is 2.24. The Bertz CT molecular complexity index is 646. The molecule has 1 atom stereocenters. The molecule has 0 spiro atoms. The van der Waals surface area contributed by atoms with Gasteiger partial charge in [-0.05, 0) is 20.3 Å². The largest absolute Gasteiger partial charge is 0.461 e. The van der Waals surface area contributed by atoms with Crippen molar-refractivity contribution >= 4 is 33.9 Å². The molecule has 1 heterocycles. The minimum Gasteiger partial charge on any atom is -0.461 e. The summed E-state index contributed by atoms with van der Waals surface area (Å²) < 4.78 is 7.85. The summed E-state index contributed by atoms with van der Waals surface area (Å²) in [5, 5.41) is 4.36. The molecule has 1 aliphatic carbocycles. The summed E-state index contributed by atoms with van der Waals surface area (Å²) in [5.41, 5.74) is 0.326. The van der Waals surface area contributed by atoms with Crippen LogP contribution in [0.15, 0.2) is 34.9 Å². The van der Waals surface area contributed by atoms with Crippen LogP contribution in [0, 0.1) is 5.92 Å². The maximum atomic E-state index is 11.9. The number of carbonyl (C=O) groups is 1. The molecule has 5 nitrogen and oxygen atoms in total. The molecule has 0 aliphatic heterocycles. The molecule has 124 valence electrons. The van der Waals surface area contributed by atoms with E-state index >= 15 is 0 Å². The van der Waals surface area contributed by atoms with Gasteiger partial charge in [0, 0.05) is 36.3 Å². The Morgan fingerprint density at radius 1 is 1.57 bits per heavy atom. The second kappa shape index (κ2) is 8.15. The van der Waals surface area contributed by atoms with Gasteiger partial charge >= 0.3 is 5.97 Å². The van der Waals surface area contributed by atoms with Crippen molar-refractivity contribution < 1.29 is 9.53 Å². The molecule has 1 aromatic heterocycles. The average molecular weight is 380 g/mol. The highest BCUT2D eigenvalue weighted by Crippen LogP contribution is 2.23. The number of halogens is 1. The van der Waals surface area contributed by atoms with Gasteiger partial charge in [-0.15, -0.1) is 0 Å². The summed E-state index contributed by atoms with van der Waals surface area (Å²) in [5.74, 6) is 0.777. The topological polar surface area (TPSA) is 47.4 Å². The van der Waals surface area contributed by atoms with Crippen molar-refractivity contribution in [1.29, 1.82) is 0 Å². The van der Waals surface area contributed by atoms with Gasteiger partial charge < -0.3 is 9.64 Å². The highest BCUT2D eigenvalue weighted by atomic mass is 79.9. The van der Waals surface area contributed by atoms with Crippen LogP contribution in [0.2, 0.25) is 0 Å². The van der Waals surface area contributed by atoms with Gasteiger partial charge in [0.25, 0.3) is 0 Å². The van der Waals surface area contributed by atoms with Crippen LogP contribution in [0.5, 0.6) is 0 Å². The zero-order valence-corrected chi connectivity index (χ0v) is 15.3. The van der Waals surface area contributed by atoms with Gasteiger partial charge in [-0.2, -0.15) is 5.10 Å². The Hall–Kier alpha value is -1.82. The molecule has 0 bridgehead atoms. The summed E-state index contributed by atoms with van der Waals surface area (Å²) >= 11 is 3.49. The number of esters is 1. The first-order chi connectivity index (χ1) is 11.0. The van der Waals surface area contributed by atoms with Crippen LogP contribution in [0.4, 0.5) is 5.82 Å². The van der Waals surface area contributed by atoms with E-state index in [9.17, 15) is 4.79 Å². The molecular formula is C17H22BrN3O2. The minimum atomic E-state index is -0.395. The van der Waals surface area contributed by atoms with E-state index in [0.29, 0.717) is 18.2 Å². The number of rotatable bonds is 6. The van der Waals surface area contributed by atoms with E-state index < -0.39 is 5.97 Å². The van der Waals surface area contributed by atoms with Crippen LogP contribution in [-0.4, -0.2) is 35.9 Å². The van der Waals surface area contributed by atoms with Crippen LogP contribution in [0.25, 0.3) is 6.20 Å². The third-order valence-electron chi connectivity index (χ3n) is 3.60. The van der Waals surface area contributed by atoms with Crippen molar-refractivity contribution in [3.63, 3.8) is 0 Å². The molecule has 6 heteroatoms. The lowest BCUT2D eigenvalue weighted by Gasteiger charge is -2.16. The lowest BCUT2D eigenvalue weighted by atomic mass is 10.0. The van der Waals surface area contributed by atoms with Gasteiger partial charge in [-0.25, -0.2) is 9.48 Å². The Morgan fingerprint density at radius 3 is 3.00 bits per heavy atom. The zero-order chi connectivity index (χ0) is 16.8. The van der Waals surface area contributed by atoms with E-state index in [-0.39, 0.29) is 0 Å². The molecule has 2 rings (SSSR count). The normalized spacial score (nSPS) is 17.4. The van der Waals surface area contributed by atoms with Crippen molar-refractivity contribution in [2.45, 2.75) is 20.3 Å². The Morgan fingerprint density at radius 2 is 2.35 bits per heavy atom. The number of allylic oxidation sites excluding steroid dienone is 5. The lowest BCUT2D eigenvalue weighted by molar-refractivity contribution is 0.0519. The second-order valence-electron chi connectivity index (χ2n) is 5.26. The molecular weight excluding hydrogens is 358 g/mol. The molecule has 0 saturated heterocycles. The van der Waals surface area contributed by atoms with Crippen molar-refractivity contribution in [3.05, 3.63) is 40.5 Å². The first kappa shape index (κ1) is 17.5. The van der Waals surface area contributed by atoms with E-state index in [2.05, 4.69) is 46.2 Å². The summed E-state index contributed by atoms with van der Waals surface area (Å²) in [7, 11) is 1.97. The van der Waals surface area contributed by atoms with Crippen molar-refractivity contribution in [1.82, 2.24) is 9.78 Å². The fourth-order valence-corrected chi connectivity index (χ4v) is 2.76. The summed E-state index contributed by atoms with van der Waals surface area (Å²) in [6.07, 6.45) is 11.3. The van der Waals surface area contributed by atoms with Crippen LogP contribution >= 0.6 is 15.9 Å². The molecule has 0 radical (unpaired) electrons. The summed E-state index contributed by atoms with van der Waals surface area (Å²) in [6, 6.07) is 1.76. The lowest BCUT2D eigenvalue weighted by Crippen LogP contribution is -2.18. The van der Waals surface area contributed by atoms with Gasteiger partial charge in [0.1, 0.15) is 5.82 Å². The number of ether oxygens (including phenoxy) is 1. The molecule has 1 unspecified atom stereocenters. The van der Waals surface area contributed by atoms with Gasteiger partial charge in [-0.1, -0.05) is 40.2 Å². The quantitative estimate of drug-likeness (QED) is 0.704. The number of aromatic nitrogens is 2. The minimum absolute atomic E-state index is 0.310. The maximum Gasteiger partial charge on any atom is 0.358 e. The fraction of sp³-hybridized carbons (Fsp3) is 0.412. The van der Waals surface area contributed by atoms with Crippen LogP contribution in [0.1, 0.15) is 30.8 Å². The predicted molar refractivity (Wildman–Crippen MR) is 96.7 cm³/mol. The van der Waals surface area contributed by atoms with E-state index in [4.69, 9.17) is 4.74 Å². The van der Waals surface area contributed by atoms with Gasteiger partial charge in [0.05, 0.1) is 6.61 Å². The smallest absolute Gasteiger partial charge is 0.358 e. The maximum absolute atomic E-state index is 11.9. The van der Waals surface area contributed by atoms with E-state index in [1.165, 1.54) is 0 Å². The number of anilines is 1. The molecule has 0 N–H and O–H groups in total. The molecule has 1 aromatic rings. The Kier molecular flexibility index (Phi) is 6.21. The molecule has 0 fully saturated rings. The third-order valence-corrected chi connectivity index (χ3v) is 4.13. The standard InChI is InChI=1S/C17H22BrN3O2/c1-4-20(3)16-12-15(17(22)23-5-2)19-21(16)10-9-13-7-6-8-14(18)11-13/h6,8-13H,4-5,7H2,1-3H3/b10-9+.